The molecule has 0 aliphatic rings. The van der Waals surface area contributed by atoms with Crippen LogP contribution in [0.15, 0.2) is 41.3 Å². The highest BCUT2D eigenvalue weighted by Gasteiger charge is 2.17. The summed E-state index contributed by atoms with van der Waals surface area (Å²) in [6, 6.07) is 8.16. The third-order valence-corrected chi connectivity index (χ3v) is 4.37. The molecule has 3 aromatic rings. The summed E-state index contributed by atoms with van der Waals surface area (Å²) >= 11 is 6.02. The maximum atomic E-state index is 12.4. The standard InChI is InChI=1S/C18H17ClN4O3/c1-9(17(25)26)14-5-6-20-18(23-14)21-10(2)13-8-11-7-12(19)3-4-15(11)22-16(13)24/h3-10H,1-2H3,(H,22,24)(H,25,26)(H,20,21,23). The van der Waals surface area contributed by atoms with Crippen molar-refractivity contribution in [3.8, 4) is 0 Å². The van der Waals surface area contributed by atoms with Crippen LogP contribution in [0.4, 0.5) is 5.95 Å². The molecule has 3 N–H and O–H groups in total. The van der Waals surface area contributed by atoms with E-state index in [1.807, 2.05) is 0 Å². The number of carboxylic acid groups (broad SMARTS) is 1. The Morgan fingerprint density at radius 3 is 2.77 bits per heavy atom. The molecule has 2 heterocycles. The van der Waals surface area contributed by atoms with Gasteiger partial charge in [-0.15, -0.1) is 0 Å². The molecule has 134 valence electrons. The Hall–Kier alpha value is -2.93. The van der Waals surface area contributed by atoms with Gasteiger partial charge in [0.25, 0.3) is 5.56 Å². The summed E-state index contributed by atoms with van der Waals surface area (Å²) in [4.78, 5) is 34.6. The molecule has 0 aliphatic heterocycles. The Bertz CT molecular complexity index is 1030. The normalized spacial score (nSPS) is 13.3. The average Bonchev–Trinajstić information content (AvgIpc) is 2.60. The molecule has 3 rings (SSSR count). The number of carboxylic acids is 1. The van der Waals surface area contributed by atoms with Gasteiger partial charge >= 0.3 is 5.97 Å². The van der Waals surface area contributed by atoms with Crippen molar-refractivity contribution in [2.24, 2.45) is 0 Å². The SMILES string of the molecule is CC(Nc1nccc(C(C)C(=O)O)n1)c1cc2cc(Cl)ccc2[nH]c1=O. The first kappa shape index (κ1) is 17.9. The van der Waals surface area contributed by atoms with E-state index >= 15 is 0 Å². The van der Waals surface area contributed by atoms with E-state index in [0.29, 0.717) is 21.8 Å². The second kappa shape index (κ2) is 7.13. The molecule has 0 saturated carbocycles. The van der Waals surface area contributed by atoms with E-state index in [9.17, 15) is 9.59 Å². The van der Waals surface area contributed by atoms with Gasteiger partial charge in [0, 0.05) is 27.7 Å². The van der Waals surface area contributed by atoms with Gasteiger partial charge in [0.05, 0.1) is 17.7 Å². The van der Waals surface area contributed by atoms with Crippen LogP contribution in [-0.2, 0) is 4.79 Å². The highest BCUT2D eigenvalue weighted by atomic mass is 35.5. The summed E-state index contributed by atoms with van der Waals surface area (Å²) in [6.45, 7) is 3.35. The number of aromatic amines is 1. The zero-order chi connectivity index (χ0) is 18.8. The van der Waals surface area contributed by atoms with E-state index in [0.717, 1.165) is 5.39 Å². The van der Waals surface area contributed by atoms with Crippen LogP contribution in [-0.4, -0.2) is 26.0 Å². The van der Waals surface area contributed by atoms with E-state index < -0.39 is 17.9 Å². The number of fused-ring (bicyclic) bond motifs is 1. The van der Waals surface area contributed by atoms with Crippen LogP contribution in [0, 0.1) is 0 Å². The van der Waals surface area contributed by atoms with Gasteiger partial charge < -0.3 is 15.4 Å². The fourth-order valence-corrected chi connectivity index (χ4v) is 2.78. The Morgan fingerprint density at radius 1 is 1.27 bits per heavy atom. The van der Waals surface area contributed by atoms with Crippen molar-refractivity contribution in [3.63, 3.8) is 0 Å². The minimum atomic E-state index is -0.967. The fraction of sp³-hybridized carbons (Fsp3) is 0.222. The van der Waals surface area contributed by atoms with Crippen LogP contribution >= 0.6 is 11.6 Å². The summed E-state index contributed by atoms with van der Waals surface area (Å²) in [7, 11) is 0. The molecular weight excluding hydrogens is 356 g/mol. The summed E-state index contributed by atoms with van der Waals surface area (Å²) in [6.07, 6.45) is 1.49. The van der Waals surface area contributed by atoms with Crippen LogP contribution in [0.5, 0.6) is 0 Å². The van der Waals surface area contributed by atoms with E-state index in [1.165, 1.54) is 6.20 Å². The zero-order valence-electron chi connectivity index (χ0n) is 14.2. The average molecular weight is 373 g/mol. The third-order valence-electron chi connectivity index (χ3n) is 4.14. The number of aromatic nitrogens is 3. The Balaban J connectivity index is 1.91. The molecule has 0 bridgehead atoms. The van der Waals surface area contributed by atoms with Crippen molar-refractivity contribution >= 4 is 34.4 Å². The van der Waals surface area contributed by atoms with Gasteiger partial charge in [-0.05, 0) is 44.2 Å². The summed E-state index contributed by atoms with van der Waals surface area (Å²) < 4.78 is 0. The van der Waals surface area contributed by atoms with E-state index in [1.54, 1.807) is 44.2 Å². The molecule has 7 nitrogen and oxygen atoms in total. The van der Waals surface area contributed by atoms with Gasteiger partial charge in [-0.3, -0.25) is 9.59 Å². The number of pyridine rings is 1. The number of rotatable bonds is 5. The minimum Gasteiger partial charge on any atom is -0.481 e. The summed E-state index contributed by atoms with van der Waals surface area (Å²) in [5.41, 5.74) is 1.36. The molecule has 26 heavy (non-hydrogen) atoms. The molecule has 0 aliphatic carbocycles. The van der Waals surface area contributed by atoms with Gasteiger partial charge in [-0.2, -0.15) is 0 Å². The number of nitrogens with one attached hydrogen (secondary N) is 2. The van der Waals surface area contributed by atoms with Gasteiger partial charge in [0.1, 0.15) is 0 Å². The third kappa shape index (κ3) is 3.67. The lowest BCUT2D eigenvalue weighted by Gasteiger charge is -2.15. The first-order valence-corrected chi connectivity index (χ1v) is 8.37. The summed E-state index contributed by atoms with van der Waals surface area (Å²) in [5, 5.41) is 13.5. The molecule has 8 heteroatoms. The fourth-order valence-electron chi connectivity index (χ4n) is 2.60. The number of hydrogen-bond acceptors (Lipinski definition) is 5. The van der Waals surface area contributed by atoms with Crippen molar-refractivity contribution in [1.29, 1.82) is 0 Å². The number of anilines is 1. The molecule has 0 spiro atoms. The second-order valence-electron chi connectivity index (χ2n) is 6.02. The Labute approximate surface area is 154 Å². The van der Waals surface area contributed by atoms with Gasteiger partial charge in [-0.1, -0.05) is 11.6 Å². The van der Waals surface area contributed by atoms with E-state index in [-0.39, 0.29) is 11.5 Å². The second-order valence-corrected chi connectivity index (χ2v) is 6.45. The van der Waals surface area contributed by atoms with Crippen LogP contribution in [0.2, 0.25) is 5.02 Å². The van der Waals surface area contributed by atoms with Crippen molar-refractivity contribution in [2.45, 2.75) is 25.8 Å². The van der Waals surface area contributed by atoms with Crippen molar-refractivity contribution < 1.29 is 9.90 Å². The zero-order valence-corrected chi connectivity index (χ0v) is 14.9. The molecule has 1 aromatic carbocycles. The van der Waals surface area contributed by atoms with E-state index in [4.69, 9.17) is 16.7 Å². The lowest BCUT2D eigenvalue weighted by Crippen LogP contribution is -2.20. The van der Waals surface area contributed by atoms with Crippen LogP contribution in [0.25, 0.3) is 10.9 Å². The number of hydrogen-bond donors (Lipinski definition) is 3. The van der Waals surface area contributed by atoms with Crippen LogP contribution in [0.1, 0.15) is 37.1 Å². The van der Waals surface area contributed by atoms with Crippen molar-refractivity contribution in [3.05, 3.63) is 63.2 Å². The molecular formula is C18H17ClN4O3. The quantitative estimate of drug-likeness (QED) is 0.634. The van der Waals surface area contributed by atoms with Crippen LogP contribution in [0.3, 0.4) is 0 Å². The monoisotopic (exact) mass is 372 g/mol. The first-order valence-electron chi connectivity index (χ1n) is 8.00. The predicted octanol–water partition coefficient (Wildman–Crippen LogP) is 3.33. The molecule has 0 radical (unpaired) electrons. The smallest absolute Gasteiger partial charge is 0.312 e. The van der Waals surface area contributed by atoms with E-state index in [2.05, 4.69) is 20.3 Å². The molecule has 0 fully saturated rings. The highest BCUT2D eigenvalue weighted by molar-refractivity contribution is 6.31. The van der Waals surface area contributed by atoms with Crippen molar-refractivity contribution in [1.82, 2.24) is 15.0 Å². The van der Waals surface area contributed by atoms with Crippen LogP contribution < -0.4 is 10.9 Å². The number of halogens is 1. The number of carbonyl (C=O) groups is 1. The van der Waals surface area contributed by atoms with Gasteiger partial charge in [-0.25, -0.2) is 9.97 Å². The largest absolute Gasteiger partial charge is 0.481 e. The first-order chi connectivity index (χ1) is 12.3. The maximum absolute atomic E-state index is 12.4. The highest BCUT2D eigenvalue weighted by Crippen LogP contribution is 2.21. The molecule has 0 amide bonds. The lowest BCUT2D eigenvalue weighted by atomic mass is 10.1. The maximum Gasteiger partial charge on any atom is 0.312 e. The molecule has 0 saturated heterocycles. The molecule has 2 aromatic heterocycles. The molecule has 2 unspecified atom stereocenters. The Morgan fingerprint density at radius 2 is 2.04 bits per heavy atom. The number of H-pyrrole nitrogens is 1. The minimum absolute atomic E-state index is 0.227. The predicted molar refractivity (Wildman–Crippen MR) is 99.7 cm³/mol. The Kier molecular flexibility index (Phi) is 4.90. The number of nitrogens with zero attached hydrogens (tertiary/aromatic N) is 2. The topological polar surface area (TPSA) is 108 Å². The van der Waals surface area contributed by atoms with Gasteiger partial charge in [0.15, 0.2) is 0 Å². The molecule has 2 atom stereocenters. The number of aliphatic carboxylic acids is 1. The van der Waals surface area contributed by atoms with Gasteiger partial charge in [0.2, 0.25) is 5.95 Å². The van der Waals surface area contributed by atoms with Crippen molar-refractivity contribution in [2.75, 3.05) is 5.32 Å². The number of benzene rings is 1. The summed E-state index contributed by atoms with van der Waals surface area (Å²) in [5.74, 6) is -1.46. The lowest BCUT2D eigenvalue weighted by molar-refractivity contribution is -0.138.